The molecule has 0 spiro atoms. The lowest BCUT2D eigenvalue weighted by atomic mass is 10.1. The summed E-state index contributed by atoms with van der Waals surface area (Å²) in [6, 6.07) is 14.6. The van der Waals surface area contributed by atoms with Gasteiger partial charge in [-0.3, -0.25) is 0 Å². The highest BCUT2D eigenvalue weighted by atomic mass is 32.1. The number of benzene rings is 2. The number of rotatable bonds is 8. The molecule has 0 aliphatic heterocycles. The number of aliphatic hydroxyl groups excluding tert-OH is 1. The normalized spacial score (nSPS) is 11.0. The molecule has 0 saturated carbocycles. The number of aromatic nitrogens is 3. The molecule has 0 bridgehead atoms. The van der Waals surface area contributed by atoms with Gasteiger partial charge < -0.3 is 19.9 Å². The van der Waals surface area contributed by atoms with Crippen LogP contribution in [0.15, 0.2) is 60.4 Å². The van der Waals surface area contributed by atoms with Crippen molar-refractivity contribution in [3.8, 4) is 16.9 Å². The third-order valence-corrected chi connectivity index (χ3v) is 6.00. The Kier molecular flexibility index (Phi) is 6.34. The molecule has 31 heavy (non-hydrogen) atoms. The molecule has 4 aromatic rings. The van der Waals surface area contributed by atoms with Gasteiger partial charge in [0.15, 0.2) is 5.13 Å². The molecule has 160 valence electrons. The number of aryl methyl sites for hydroxylation is 2. The first-order chi connectivity index (χ1) is 15.1. The van der Waals surface area contributed by atoms with Crippen LogP contribution >= 0.6 is 11.3 Å². The smallest absolute Gasteiger partial charge is 0.187 e. The number of nitrogens with zero attached hydrogens (tertiary/aromatic N) is 4. The Morgan fingerprint density at radius 3 is 2.58 bits per heavy atom. The Labute approximate surface area is 186 Å². The van der Waals surface area contributed by atoms with Crippen molar-refractivity contribution in [2.45, 2.75) is 20.8 Å². The first kappa shape index (κ1) is 21.1. The number of hydrogen-bond acceptors (Lipinski definition) is 6. The number of anilines is 3. The topological polar surface area (TPSA) is 66.2 Å². The van der Waals surface area contributed by atoms with Crippen LogP contribution in [0.3, 0.4) is 0 Å². The Morgan fingerprint density at radius 2 is 1.94 bits per heavy atom. The summed E-state index contributed by atoms with van der Waals surface area (Å²) in [6.07, 6.45) is 3.84. The lowest BCUT2D eigenvalue weighted by Gasteiger charge is -2.23. The van der Waals surface area contributed by atoms with Crippen molar-refractivity contribution in [3.05, 3.63) is 71.6 Å². The van der Waals surface area contributed by atoms with Crippen LogP contribution < -0.4 is 10.2 Å². The van der Waals surface area contributed by atoms with Crippen LogP contribution in [0.4, 0.5) is 16.5 Å². The number of thiazole rings is 1. The highest BCUT2D eigenvalue weighted by molar-refractivity contribution is 7.14. The Morgan fingerprint density at radius 1 is 1.13 bits per heavy atom. The molecule has 4 rings (SSSR count). The largest absolute Gasteiger partial charge is 0.395 e. The molecule has 2 N–H and O–H groups in total. The molecule has 0 aliphatic rings. The van der Waals surface area contributed by atoms with Gasteiger partial charge in [0.1, 0.15) is 0 Å². The van der Waals surface area contributed by atoms with E-state index in [4.69, 9.17) is 4.98 Å². The van der Waals surface area contributed by atoms with Crippen molar-refractivity contribution < 1.29 is 5.11 Å². The summed E-state index contributed by atoms with van der Waals surface area (Å²) >= 11 is 1.59. The number of imidazole rings is 1. The van der Waals surface area contributed by atoms with E-state index in [1.807, 2.05) is 24.0 Å². The summed E-state index contributed by atoms with van der Waals surface area (Å²) in [6.45, 7) is 7.82. The van der Waals surface area contributed by atoms with Crippen molar-refractivity contribution in [1.29, 1.82) is 0 Å². The molecule has 0 saturated heterocycles. The van der Waals surface area contributed by atoms with Crippen LogP contribution in [0.1, 0.15) is 18.2 Å². The Balaban J connectivity index is 1.48. The maximum absolute atomic E-state index is 9.25. The van der Waals surface area contributed by atoms with E-state index in [1.165, 1.54) is 0 Å². The van der Waals surface area contributed by atoms with E-state index in [0.717, 1.165) is 51.3 Å². The summed E-state index contributed by atoms with van der Waals surface area (Å²) in [5.41, 5.74) is 7.41. The van der Waals surface area contributed by atoms with E-state index in [0.29, 0.717) is 6.54 Å². The molecule has 0 fully saturated rings. The third-order valence-electron chi connectivity index (χ3n) is 5.25. The minimum absolute atomic E-state index is 0.151. The van der Waals surface area contributed by atoms with Crippen molar-refractivity contribution >= 4 is 27.8 Å². The third kappa shape index (κ3) is 4.78. The molecule has 2 aromatic heterocycles. The summed E-state index contributed by atoms with van der Waals surface area (Å²) in [4.78, 5) is 11.2. The Bertz CT molecular complexity index is 1150. The predicted molar refractivity (Wildman–Crippen MR) is 129 cm³/mol. The van der Waals surface area contributed by atoms with E-state index >= 15 is 0 Å². The zero-order chi connectivity index (χ0) is 21.8. The molecule has 0 atom stereocenters. The van der Waals surface area contributed by atoms with Crippen LogP contribution in [0.2, 0.25) is 0 Å². The highest BCUT2D eigenvalue weighted by Crippen LogP contribution is 2.30. The summed E-state index contributed by atoms with van der Waals surface area (Å²) < 4.78 is 2.01. The molecule has 7 heteroatoms. The fourth-order valence-electron chi connectivity index (χ4n) is 3.52. The maximum Gasteiger partial charge on any atom is 0.187 e. The molecule has 2 aromatic carbocycles. The van der Waals surface area contributed by atoms with Crippen molar-refractivity contribution in [2.24, 2.45) is 0 Å². The zero-order valence-corrected chi connectivity index (χ0v) is 18.9. The first-order valence-electron chi connectivity index (χ1n) is 10.4. The van der Waals surface area contributed by atoms with Gasteiger partial charge in [0, 0.05) is 47.3 Å². The number of nitrogens with one attached hydrogen (secondary N) is 1. The van der Waals surface area contributed by atoms with Gasteiger partial charge in [-0.15, -0.1) is 11.3 Å². The van der Waals surface area contributed by atoms with Crippen LogP contribution in [0.5, 0.6) is 0 Å². The van der Waals surface area contributed by atoms with Crippen molar-refractivity contribution in [2.75, 3.05) is 29.9 Å². The minimum atomic E-state index is 0.151. The highest BCUT2D eigenvalue weighted by Gasteiger charge is 2.09. The van der Waals surface area contributed by atoms with Gasteiger partial charge in [-0.1, -0.05) is 12.1 Å². The Hall–Kier alpha value is -3.16. The molecular weight excluding hydrogens is 406 g/mol. The standard InChI is InChI=1S/C24H27N5OS/c1-4-28(11-12-30)21-9-10-22(17(2)13-21)26-24-27-23(15-31-24)19-5-7-20(8-6-19)29-14-18(3)25-16-29/h5-10,13-16,30H,4,11-12H2,1-3H3,(H,26,27). The maximum atomic E-state index is 9.25. The zero-order valence-electron chi connectivity index (χ0n) is 18.0. The molecule has 0 aliphatic carbocycles. The summed E-state index contributed by atoms with van der Waals surface area (Å²) in [7, 11) is 0. The fourth-order valence-corrected chi connectivity index (χ4v) is 4.25. The molecule has 0 amide bonds. The average Bonchev–Trinajstić information content (AvgIpc) is 3.43. The van der Waals surface area contributed by atoms with Gasteiger partial charge >= 0.3 is 0 Å². The fraction of sp³-hybridized carbons (Fsp3) is 0.250. The van der Waals surface area contributed by atoms with E-state index in [-0.39, 0.29) is 6.61 Å². The van der Waals surface area contributed by atoms with Gasteiger partial charge in [0.25, 0.3) is 0 Å². The molecule has 6 nitrogen and oxygen atoms in total. The number of aliphatic hydroxyl groups is 1. The van der Waals surface area contributed by atoms with E-state index in [2.05, 4.69) is 76.9 Å². The first-order valence-corrected chi connectivity index (χ1v) is 11.3. The van der Waals surface area contributed by atoms with Crippen LogP contribution in [-0.4, -0.2) is 39.3 Å². The lowest BCUT2D eigenvalue weighted by molar-refractivity contribution is 0.302. The number of likely N-dealkylation sites (N-methyl/N-ethyl adjacent to an activating group) is 1. The second-order valence-corrected chi connectivity index (χ2v) is 8.29. The van der Waals surface area contributed by atoms with Crippen LogP contribution in [-0.2, 0) is 0 Å². The average molecular weight is 434 g/mol. The number of hydrogen-bond donors (Lipinski definition) is 2. The van der Waals surface area contributed by atoms with Gasteiger partial charge in [0.05, 0.1) is 24.3 Å². The lowest BCUT2D eigenvalue weighted by Crippen LogP contribution is -2.26. The quantitative estimate of drug-likeness (QED) is 0.401. The van der Waals surface area contributed by atoms with Gasteiger partial charge in [-0.05, 0) is 56.7 Å². The predicted octanol–water partition coefficient (Wildman–Crippen LogP) is 5.17. The molecular formula is C24H27N5OS. The van der Waals surface area contributed by atoms with Crippen LogP contribution in [0, 0.1) is 13.8 Å². The monoisotopic (exact) mass is 433 g/mol. The van der Waals surface area contributed by atoms with Crippen molar-refractivity contribution in [1.82, 2.24) is 14.5 Å². The summed E-state index contributed by atoms with van der Waals surface area (Å²) in [5, 5.41) is 15.6. The van der Waals surface area contributed by atoms with E-state index in [1.54, 1.807) is 11.3 Å². The van der Waals surface area contributed by atoms with E-state index < -0.39 is 0 Å². The van der Waals surface area contributed by atoms with Crippen molar-refractivity contribution in [3.63, 3.8) is 0 Å². The van der Waals surface area contributed by atoms with Gasteiger partial charge in [-0.2, -0.15) is 0 Å². The minimum Gasteiger partial charge on any atom is -0.395 e. The summed E-state index contributed by atoms with van der Waals surface area (Å²) in [5.74, 6) is 0. The van der Waals surface area contributed by atoms with Crippen LogP contribution in [0.25, 0.3) is 16.9 Å². The SMILES string of the molecule is CCN(CCO)c1ccc(Nc2nc(-c3ccc(-n4cnc(C)c4)cc3)cs2)c(C)c1. The molecule has 0 unspecified atom stereocenters. The molecule has 2 heterocycles. The molecule has 0 radical (unpaired) electrons. The van der Waals surface area contributed by atoms with Gasteiger partial charge in [-0.25, -0.2) is 9.97 Å². The van der Waals surface area contributed by atoms with Gasteiger partial charge in [0.2, 0.25) is 0 Å². The van der Waals surface area contributed by atoms with E-state index in [9.17, 15) is 5.11 Å². The second-order valence-electron chi connectivity index (χ2n) is 7.43. The second kappa shape index (κ2) is 9.32.